The van der Waals surface area contributed by atoms with Crippen LogP contribution in [-0.2, 0) is 9.59 Å². The maximum absolute atomic E-state index is 11.9. The molecule has 0 aliphatic heterocycles. The summed E-state index contributed by atoms with van der Waals surface area (Å²) in [4.78, 5) is 23.6. The van der Waals surface area contributed by atoms with E-state index in [4.69, 9.17) is 0 Å². The Labute approximate surface area is 109 Å². The van der Waals surface area contributed by atoms with Gasteiger partial charge in [-0.2, -0.15) is 0 Å². The van der Waals surface area contributed by atoms with Crippen LogP contribution in [0.1, 0.15) is 51.4 Å². The highest BCUT2D eigenvalue weighted by atomic mass is 16.1. The summed E-state index contributed by atoms with van der Waals surface area (Å²) in [5, 5.41) is 0. The molecule has 0 aromatic rings. The van der Waals surface area contributed by atoms with Crippen molar-refractivity contribution in [3.63, 3.8) is 0 Å². The molecule has 0 radical (unpaired) electrons. The van der Waals surface area contributed by atoms with Gasteiger partial charge in [0.15, 0.2) is 0 Å². The molecule has 6 atom stereocenters. The summed E-state index contributed by atoms with van der Waals surface area (Å²) >= 11 is 0. The van der Waals surface area contributed by atoms with E-state index in [-0.39, 0.29) is 0 Å². The van der Waals surface area contributed by atoms with Gasteiger partial charge in [-0.1, -0.05) is 0 Å². The zero-order chi connectivity index (χ0) is 12.3. The van der Waals surface area contributed by atoms with Crippen molar-refractivity contribution < 1.29 is 9.59 Å². The second-order valence-corrected chi connectivity index (χ2v) is 7.13. The van der Waals surface area contributed by atoms with Crippen LogP contribution in [0.3, 0.4) is 0 Å². The lowest BCUT2D eigenvalue weighted by molar-refractivity contribution is -0.124. The monoisotopic (exact) mass is 246 g/mol. The number of fused-ring (bicyclic) bond motifs is 5. The van der Waals surface area contributed by atoms with Gasteiger partial charge in [0.25, 0.3) is 0 Å². The average Bonchev–Trinajstić information content (AvgIpc) is 2.91. The maximum atomic E-state index is 11.9. The van der Waals surface area contributed by atoms with Gasteiger partial charge in [-0.3, -0.25) is 9.59 Å². The highest BCUT2D eigenvalue weighted by molar-refractivity contribution is 5.83. The minimum absolute atomic E-state index is 0.403. The first-order valence-corrected chi connectivity index (χ1v) is 7.78. The third-order valence-electron chi connectivity index (χ3n) is 6.54. The van der Waals surface area contributed by atoms with Gasteiger partial charge in [0.2, 0.25) is 0 Å². The molecular weight excluding hydrogens is 224 g/mol. The van der Waals surface area contributed by atoms with E-state index in [9.17, 15) is 9.59 Å². The lowest BCUT2D eigenvalue weighted by atomic mass is 9.57. The summed E-state index contributed by atoms with van der Waals surface area (Å²) in [7, 11) is 0. The van der Waals surface area contributed by atoms with Crippen molar-refractivity contribution in [2.75, 3.05) is 0 Å². The molecule has 4 rings (SSSR count). The fraction of sp³-hybridized carbons (Fsp3) is 0.875. The van der Waals surface area contributed by atoms with Crippen molar-refractivity contribution in [1.29, 1.82) is 0 Å². The molecule has 6 unspecified atom stereocenters. The second kappa shape index (κ2) is 3.91. The number of carbonyl (C=O) groups excluding carboxylic acids is 2. The molecule has 0 aromatic carbocycles. The number of rotatable bonds is 0. The molecule has 0 aromatic heterocycles. The van der Waals surface area contributed by atoms with Gasteiger partial charge in [-0.05, 0) is 61.7 Å². The van der Waals surface area contributed by atoms with Gasteiger partial charge >= 0.3 is 0 Å². The van der Waals surface area contributed by atoms with Gasteiger partial charge in [-0.15, -0.1) is 0 Å². The summed E-state index contributed by atoms with van der Waals surface area (Å²) in [6.07, 6.45) is 8.62. The minimum atomic E-state index is 0.403. The largest absolute Gasteiger partial charge is 0.300 e. The number of ketones is 2. The molecule has 2 nitrogen and oxygen atoms in total. The van der Waals surface area contributed by atoms with Crippen LogP contribution in [0.5, 0.6) is 0 Å². The fourth-order valence-corrected chi connectivity index (χ4v) is 5.87. The van der Waals surface area contributed by atoms with E-state index in [1.54, 1.807) is 0 Å². The molecule has 4 aliphatic rings. The van der Waals surface area contributed by atoms with Crippen LogP contribution < -0.4 is 0 Å². The van der Waals surface area contributed by atoms with E-state index in [0.717, 1.165) is 43.9 Å². The Morgan fingerprint density at radius 3 is 2.39 bits per heavy atom. The maximum Gasteiger partial charge on any atom is 0.136 e. The first-order chi connectivity index (χ1) is 8.74. The predicted octanol–water partition coefficient (Wildman–Crippen LogP) is 3.00. The molecule has 18 heavy (non-hydrogen) atoms. The number of Topliss-reactive ketones (excluding diaryl/α,β-unsaturated/α-hetero) is 2. The smallest absolute Gasteiger partial charge is 0.136 e. The molecule has 0 saturated heterocycles. The van der Waals surface area contributed by atoms with Crippen LogP contribution in [0.2, 0.25) is 0 Å². The quantitative estimate of drug-likeness (QED) is 0.658. The number of carbonyl (C=O) groups is 2. The molecule has 2 heteroatoms. The molecule has 4 fully saturated rings. The zero-order valence-corrected chi connectivity index (χ0v) is 10.9. The van der Waals surface area contributed by atoms with Gasteiger partial charge in [0, 0.05) is 25.2 Å². The highest BCUT2D eigenvalue weighted by Crippen LogP contribution is 2.57. The Morgan fingerprint density at radius 2 is 1.50 bits per heavy atom. The lowest BCUT2D eigenvalue weighted by Gasteiger charge is -2.47. The van der Waals surface area contributed by atoms with Crippen molar-refractivity contribution in [3.8, 4) is 0 Å². The van der Waals surface area contributed by atoms with Crippen molar-refractivity contribution in [3.05, 3.63) is 0 Å². The summed E-state index contributed by atoms with van der Waals surface area (Å²) in [6.45, 7) is 0. The Morgan fingerprint density at radius 1 is 0.722 bits per heavy atom. The third-order valence-corrected chi connectivity index (χ3v) is 6.54. The van der Waals surface area contributed by atoms with Gasteiger partial charge < -0.3 is 0 Å². The van der Waals surface area contributed by atoms with Gasteiger partial charge in [-0.25, -0.2) is 0 Å². The number of hydrogen-bond donors (Lipinski definition) is 0. The Balaban J connectivity index is 1.60. The molecule has 0 spiro atoms. The first-order valence-electron chi connectivity index (χ1n) is 7.78. The molecule has 98 valence electrons. The fourth-order valence-electron chi connectivity index (χ4n) is 5.87. The van der Waals surface area contributed by atoms with Gasteiger partial charge in [0.05, 0.1) is 0 Å². The summed E-state index contributed by atoms with van der Waals surface area (Å²) in [5.74, 6) is 5.09. The van der Waals surface area contributed by atoms with Crippen LogP contribution in [0.25, 0.3) is 0 Å². The summed E-state index contributed by atoms with van der Waals surface area (Å²) in [6, 6.07) is 0. The van der Waals surface area contributed by atoms with Crippen molar-refractivity contribution >= 4 is 11.6 Å². The van der Waals surface area contributed by atoms with Crippen LogP contribution in [-0.4, -0.2) is 11.6 Å². The Kier molecular flexibility index (Phi) is 2.43. The topological polar surface area (TPSA) is 34.1 Å². The molecule has 4 aliphatic carbocycles. The first kappa shape index (κ1) is 11.2. The van der Waals surface area contributed by atoms with E-state index in [0.29, 0.717) is 35.2 Å². The second-order valence-electron chi connectivity index (χ2n) is 7.13. The minimum Gasteiger partial charge on any atom is -0.300 e. The van der Waals surface area contributed by atoms with E-state index in [1.807, 2.05) is 0 Å². The summed E-state index contributed by atoms with van der Waals surface area (Å²) in [5.41, 5.74) is 0. The van der Waals surface area contributed by atoms with Crippen molar-refractivity contribution in [2.45, 2.75) is 51.4 Å². The normalized spacial score (nSPS) is 50.9. The van der Waals surface area contributed by atoms with Gasteiger partial charge in [0.1, 0.15) is 11.6 Å². The van der Waals surface area contributed by atoms with E-state index in [2.05, 4.69) is 0 Å². The van der Waals surface area contributed by atoms with Crippen LogP contribution in [0, 0.1) is 35.5 Å². The molecule has 0 N–H and O–H groups in total. The van der Waals surface area contributed by atoms with Crippen LogP contribution in [0.15, 0.2) is 0 Å². The average molecular weight is 246 g/mol. The SMILES string of the molecule is O=C1CC2CCC3C4CCC(=O)C4CCC3C2C1. The van der Waals surface area contributed by atoms with E-state index in [1.165, 1.54) is 19.3 Å². The standard InChI is InChI=1S/C16H22O2/c17-10-7-9-1-2-11-12-5-6-16(18)14(12)4-3-13(11)15(9)8-10/h9,11-15H,1-8H2. The third kappa shape index (κ3) is 1.47. The molecular formula is C16H22O2. The van der Waals surface area contributed by atoms with E-state index >= 15 is 0 Å². The van der Waals surface area contributed by atoms with Crippen LogP contribution >= 0.6 is 0 Å². The molecule has 4 saturated carbocycles. The highest BCUT2D eigenvalue weighted by Gasteiger charge is 2.52. The Bertz CT molecular complexity index is 398. The Hall–Kier alpha value is -0.660. The molecule has 0 heterocycles. The zero-order valence-electron chi connectivity index (χ0n) is 10.9. The number of hydrogen-bond acceptors (Lipinski definition) is 2. The predicted molar refractivity (Wildman–Crippen MR) is 67.9 cm³/mol. The summed E-state index contributed by atoms with van der Waals surface area (Å²) < 4.78 is 0. The van der Waals surface area contributed by atoms with Crippen LogP contribution in [0.4, 0.5) is 0 Å². The van der Waals surface area contributed by atoms with E-state index < -0.39 is 0 Å². The van der Waals surface area contributed by atoms with Crippen molar-refractivity contribution in [2.24, 2.45) is 35.5 Å². The van der Waals surface area contributed by atoms with Crippen molar-refractivity contribution in [1.82, 2.24) is 0 Å². The molecule has 0 amide bonds. The molecule has 0 bridgehead atoms. The lowest BCUT2D eigenvalue weighted by Crippen LogP contribution is -2.41.